The summed E-state index contributed by atoms with van der Waals surface area (Å²) in [5.41, 5.74) is 1.28. The van der Waals surface area contributed by atoms with Crippen molar-refractivity contribution in [2.24, 2.45) is 0 Å². The summed E-state index contributed by atoms with van der Waals surface area (Å²) in [6.07, 6.45) is 1.04. The third-order valence-corrected chi connectivity index (χ3v) is 4.90. The molecule has 1 N–H and O–H groups in total. The van der Waals surface area contributed by atoms with Crippen molar-refractivity contribution in [1.82, 2.24) is 10.2 Å². The molecule has 112 valence electrons. The van der Waals surface area contributed by atoms with E-state index < -0.39 is 0 Å². The Hall–Kier alpha value is -0.710. The van der Waals surface area contributed by atoms with E-state index in [4.69, 9.17) is 4.74 Å². The van der Waals surface area contributed by atoms with Gasteiger partial charge >= 0.3 is 0 Å². The largest absolute Gasteiger partial charge is 0.493 e. The zero-order chi connectivity index (χ0) is 14.4. The molecule has 0 spiro atoms. The highest BCUT2D eigenvalue weighted by Crippen LogP contribution is 2.32. The van der Waals surface area contributed by atoms with Gasteiger partial charge in [0.05, 0.1) is 12.6 Å². The summed E-state index contributed by atoms with van der Waals surface area (Å²) >= 11 is 2.05. The van der Waals surface area contributed by atoms with Gasteiger partial charge in [0.1, 0.15) is 5.75 Å². The van der Waals surface area contributed by atoms with Crippen LogP contribution in [0.2, 0.25) is 0 Å². The van der Waals surface area contributed by atoms with Crippen molar-refractivity contribution in [1.29, 1.82) is 0 Å². The molecule has 3 nitrogen and oxygen atoms in total. The quantitative estimate of drug-likeness (QED) is 0.872. The van der Waals surface area contributed by atoms with Gasteiger partial charge in [-0.2, -0.15) is 11.8 Å². The Morgan fingerprint density at radius 1 is 1.45 bits per heavy atom. The molecule has 2 rings (SSSR count). The van der Waals surface area contributed by atoms with E-state index in [2.05, 4.69) is 48.5 Å². The molecular formula is C16H26N2OS. The highest BCUT2D eigenvalue weighted by Gasteiger charge is 2.29. The first-order valence-electron chi connectivity index (χ1n) is 7.45. The van der Waals surface area contributed by atoms with Crippen LogP contribution in [0.15, 0.2) is 24.3 Å². The van der Waals surface area contributed by atoms with Crippen LogP contribution in [0, 0.1) is 0 Å². The smallest absolute Gasteiger partial charge is 0.124 e. The third kappa shape index (κ3) is 3.68. The Balaban J connectivity index is 2.21. The number of rotatable bonds is 6. The molecule has 0 aliphatic carbocycles. The number of nitrogens with zero attached hydrogens (tertiary/aromatic N) is 1. The Labute approximate surface area is 127 Å². The first-order valence-corrected chi connectivity index (χ1v) is 8.60. The lowest BCUT2D eigenvalue weighted by atomic mass is 9.98. The van der Waals surface area contributed by atoms with Crippen molar-refractivity contribution >= 4 is 11.8 Å². The van der Waals surface area contributed by atoms with Crippen molar-refractivity contribution in [2.45, 2.75) is 25.4 Å². The summed E-state index contributed by atoms with van der Waals surface area (Å²) in [4.78, 5) is 2.47. The molecule has 1 heterocycles. The van der Waals surface area contributed by atoms with E-state index in [9.17, 15) is 0 Å². The molecular weight excluding hydrogens is 268 g/mol. The second-order valence-electron chi connectivity index (χ2n) is 5.28. The summed E-state index contributed by atoms with van der Waals surface area (Å²) < 4.78 is 5.93. The number of ether oxygens (including phenoxy) is 1. The van der Waals surface area contributed by atoms with E-state index in [0.717, 1.165) is 25.3 Å². The fraction of sp³-hybridized carbons (Fsp3) is 0.625. The van der Waals surface area contributed by atoms with E-state index in [1.54, 1.807) is 0 Å². The van der Waals surface area contributed by atoms with E-state index >= 15 is 0 Å². The van der Waals surface area contributed by atoms with Crippen molar-refractivity contribution < 1.29 is 4.74 Å². The lowest BCUT2D eigenvalue weighted by Crippen LogP contribution is -2.47. The summed E-state index contributed by atoms with van der Waals surface area (Å²) in [6.45, 7) is 4.08. The Morgan fingerprint density at radius 2 is 2.25 bits per heavy atom. The molecule has 1 saturated heterocycles. The minimum absolute atomic E-state index is 0.320. The van der Waals surface area contributed by atoms with E-state index in [-0.39, 0.29) is 0 Å². The van der Waals surface area contributed by atoms with Gasteiger partial charge in [0.2, 0.25) is 0 Å². The van der Waals surface area contributed by atoms with Crippen LogP contribution in [-0.4, -0.2) is 49.7 Å². The second-order valence-corrected chi connectivity index (χ2v) is 6.43. The highest BCUT2D eigenvalue weighted by molar-refractivity contribution is 7.99. The van der Waals surface area contributed by atoms with Gasteiger partial charge in [0.25, 0.3) is 0 Å². The van der Waals surface area contributed by atoms with Crippen LogP contribution in [0.3, 0.4) is 0 Å². The normalized spacial score (nSPS) is 21.6. The van der Waals surface area contributed by atoms with E-state index in [1.807, 2.05) is 18.8 Å². The molecule has 1 aromatic carbocycles. The monoisotopic (exact) mass is 294 g/mol. The second kappa shape index (κ2) is 7.91. The molecule has 1 aromatic rings. The van der Waals surface area contributed by atoms with Crippen LogP contribution in [0.1, 0.15) is 24.9 Å². The standard InChI is InChI=1S/C16H26N2OS/c1-4-10-19-15-8-6-5-7-13(15)16(17-2)14-12-20-11-9-18(14)3/h5-8,14,16-17H,4,9-12H2,1-3H3. The van der Waals surface area contributed by atoms with Crippen LogP contribution in [-0.2, 0) is 0 Å². The summed E-state index contributed by atoms with van der Waals surface area (Å²) in [5.74, 6) is 3.43. The number of likely N-dealkylation sites (N-methyl/N-ethyl adjacent to an activating group) is 2. The fourth-order valence-corrected chi connectivity index (χ4v) is 3.96. The molecule has 0 amide bonds. The predicted octanol–water partition coefficient (Wildman–Crippen LogP) is 2.78. The molecule has 0 radical (unpaired) electrons. The number of para-hydroxylation sites is 1. The fourth-order valence-electron chi connectivity index (χ4n) is 2.69. The van der Waals surface area contributed by atoms with E-state index in [0.29, 0.717) is 12.1 Å². The SMILES string of the molecule is CCCOc1ccccc1C(NC)C1CSCCN1C. The number of hydrogen-bond donors (Lipinski definition) is 1. The molecule has 0 aromatic heterocycles. The van der Waals surface area contributed by atoms with Gasteiger partial charge in [-0.25, -0.2) is 0 Å². The van der Waals surface area contributed by atoms with Crippen molar-refractivity contribution in [3.8, 4) is 5.75 Å². The van der Waals surface area contributed by atoms with Crippen LogP contribution >= 0.6 is 11.8 Å². The maximum absolute atomic E-state index is 5.93. The zero-order valence-corrected chi connectivity index (χ0v) is 13.6. The lowest BCUT2D eigenvalue weighted by Gasteiger charge is -2.38. The Morgan fingerprint density at radius 3 is 2.95 bits per heavy atom. The molecule has 20 heavy (non-hydrogen) atoms. The van der Waals surface area contributed by atoms with Crippen LogP contribution in [0.5, 0.6) is 5.75 Å². The average molecular weight is 294 g/mol. The van der Waals surface area contributed by atoms with Gasteiger partial charge in [-0.05, 0) is 26.6 Å². The number of hydrogen-bond acceptors (Lipinski definition) is 4. The van der Waals surface area contributed by atoms with Crippen molar-refractivity contribution in [2.75, 3.05) is 38.8 Å². The average Bonchev–Trinajstić information content (AvgIpc) is 2.49. The first kappa shape index (κ1) is 15.7. The number of nitrogens with one attached hydrogen (secondary N) is 1. The van der Waals surface area contributed by atoms with E-state index in [1.165, 1.54) is 17.1 Å². The molecule has 1 aliphatic rings. The van der Waals surface area contributed by atoms with Gasteiger partial charge in [0.15, 0.2) is 0 Å². The maximum atomic E-state index is 5.93. The van der Waals surface area contributed by atoms with Gasteiger partial charge < -0.3 is 10.1 Å². The number of thioether (sulfide) groups is 1. The van der Waals surface area contributed by atoms with Gasteiger partial charge in [0, 0.05) is 29.7 Å². The van der Waals surface area contributed by atoms with Gasteiger partial charge in [-0.1, -0.05) is 25.1 Å². The molecule has 0 saturated carbocycles. The summed E-state index contributed by atoms with van der Waals surface area (Å²) in [5, 5.41) is 3.50. The van der Waals surface area contributed by atoms with Crippen LogP contribution < -0.4 is 10.1 Å². The van der Waals surface area contributed by atoms with Gasteiger partial charge in [-0.3, -0.25) is 4.90 Å². The zero-order valence-electron chi connectivity index (χ0n) is 12.8. The van der Waals surface area contributed by atoms with Crippen LogP contribution in [0.4, 0.5) is 0 Å². The highest BCUT2D eigenvalue weighted by atomic mass is 32.2. The third-order valence-electron chi connectivity index (χ3n) is 3.85. The maximum Gasteiger partial charge on any atom is 0.124 e. The lowest BCUT2D eigenvalue weighted by molar-refractivity contribution is 0.216. The summed E-state index contributed by atoms with van der Waals surface area (Å²) in [6, 6.07) is 9.28. The number of benzene rings is 1. The first-order chi connectivity index (χ1) is 9.77. The topological polar surface area (TPSA) is 24.5 Å². The molecule has 2 atom stereocenters. The predicted molar refractivity (Wildman–Crippen MR) is 87.8 cm³/mol. The minimum Gasteiger partial charge on any atom is -0.493 e. The van der Waals surface area contributed by atoms with Crippen molar-refractivity contribution in [3.05, 3.63) is 29.8 Å². The molecule has 4 heteroatoms. The summed E-state index contributed by atoms with van der Waals surface area (Å²) in [7, 11) is 4.28. The minimum atomic E-state index is 0.320. The molecule has 1 aliphatic heterocycles. The van der Waals surface area contributed by atoms with Gasteiger partial charge in [-0.15, -0.1) is 0 Å². The van der Waals surface area contributed by atoms with Crippen LogP contribution in [0.25, 0.3) is 0 Å². The molecule has 2 unspecified atom stereocenters. The Bertz CT molecular complexity index is 413. The molecule has 1 fully saturated rings. The Kier molecular flexibility index (Phi) is 6.20. The molecule has 0 bridgehead atoms. The van der Waals surface area contributed by atoms with Crippen molar-refractivity contribution in [3.63, 3.8) is 0 Å².